The second-order valence-electron chi connectivity index (χ2n) is 4.56. The standard InChI is InChI=1S/C11H17BrN4O3S/c12-9-5-10(11(16-13)14-6-9)20(17,18)15-3-1-8-2-4-19-7-8/h5-6,8,15H,1-4,7,13H2,(H,14,16). The number of hydrazine groups is 1. The maximum atomic E-state index is 12.2. The fourth-order valence-corrected chi connectivity index (χ4v) is 3.69. The molecule has 1 aromatic rings. The van der Waals surface area contributed by atoms with Gasteiger partial charge in [0, 0.05) is 30.4 Å². The van der Waals surface area contributed by atoms with E-state index in [-0.39, 0.29) is 10.7 Å². The molecule has 7 nitrogen and oxygen atoms in total. The number of rotatable bonds is 6. The third-order valence-electron chi connectivity index (χ3n) is 3.11. The van der Waals surface area contributed by atoms with Crippen LogP contribution in [0.3, 0.4) is 0 Å². The van der Waals surface area contributed by atoms with Crippen molar-refractivity contribution in [1.29, 1.82) is 0 Å². The molecule has 0 saturated carbocycles. The molecule has 1 aromatic heterocycles. The zero-order chi connectivity index (χ0) is 14.6. The van der Waals surface area contributed by atoms with Gasteiger partial charge in [-0.3, -0.25) is 0 Å². The Bertz CT molecular complexity index is 561. The van der Waals surface area contributed by atoms with E-state index in [0.29, 0.717) is 23.5 Å². The molecule has 1 fully saturated rings. The predicted molar refractivity (Wildman–Crippen MR) is 78.5 cm³/mol. The molecule has 2 rings (SSSR count). The van der Waals surface area contributed by atoms with E-state index in [0.717, 1.165) is 19.4 Å². The molecule has 0 aliphatic carbocycles. The number of nitrogens with one attached hydrogen (secondary N) is 2. The number of anilines is 1. The first kappa shape index (κ1) is 15.6. The maximum Gasteiger partial charge on any atom is 0.244 e. The number of hydrogen-bond donors (Lipinski definition) is 3. The van der Waals surface area contributed by atoms with Gasteiger partial charge < -0.3 is 10.2 Å². The van der Waals surface area contributed by atoms with Crippen molar-refractivity contribution in [3.8, 4) is 0 Å². The molecule has 0 spiro atoms. The monoisotopic (exact) mass is 364 g/mol. The number of hydrogen-bond acceptors (Lipinski definition) is 6. The number of nitrogens with zero attached hydrogens (tertiary/aromatic N) is 1. The number of nitrogen functional groups attached to an aromatic ring is 1. The van der Waals surface area contributed by atoms with E-state index in [4.69, 9.17) is 10.6 Å². The lowest BCUT2D eigenvalue weighted by atomic mass is 10.1. The Kier molecular flexibility index (Phi) is 5.33. The van der Waals surface area contributed by atoms with E-state index in [1.54, 1.807) is 0 Å². The van der Waals surface area contributed by atoms with Crippen LogP contribution in [0.1, 0.15) is 12.8 Å². The summed E-state index contributed by atoms with van der Waals surface area (Å²) in [6.07, 6.45) is 3.21. The van der Waals surface area contributed by atoms with Gasteiger partial charge in [0.15, 0.2) is 5.82 Å². The first-order valence-electron chi connectivity index (χ1n) is 6.22. The molecule has 0 aromatic carbocycles. The van der Waals surface area contributed by atoms with E-state index < -0.39 is 10.0 Å². The Morgan fingerprint density at radius 1 is 1.55 bits per heavy atom. The van der Waals surface area contributed by atoms with Crippen molar-refractivity contribution in [1.82, 2.24) is 9.71 Å². The third kappa shape index (κ3) is 3.89. The van der Waals surface area contributed by atoms with Gasteiger partial charge in [-0.05, 0) is 40.8 Å². The first-order valence-corrected chi connectivity index (χ1v) is 8.50. The van der Waals surface area contributed by atoms with Crippen LogP contribution >= 0.6 is 15.9 Å². The Hall–Kier alpha value is -0.740. The molecule has 1 atom stereocenters. The van der Waals surface area contributed by atoms with Gasteiger partial charge >= 0.3 is 0 Å². The number of nitrogens with two attached hydrogens (primary N) is 1. The molecule has 0 amide bonds. The van der Waals surface area contributed by atoms with Crippen molar-refractivity contribution in [2.24, 2.45) is 11.8 Å². The summed E-state index contributed by atoms with van der Waals surface area (Å²) < 4.78 is 32.9. The molecule has 1 unspecified atom stereocenters. The fraction of sp³-hybridized carbons (Fsp3) is 0.545. The average Bonchev–Trinajstić information content (AvgIpc) is 2.91. The fourth-order valence-electron chi connectivity index (χ4n) is 2.02. The van der Waals surface area contributed by atoms with Gasteiger partial charge in [-0.1, -0.05) is 0 Å². The summed E-state index contributed by atoms with van der Waals surface area (Å²) in [6.45, 7) is 1.83. The molecular formula is C11H17BrN4O3S. The summed E-state index contributed by atoms with van der Waals surface area (Å²) in [6, 6.07) is 1.46. The molecule has 9 heteroatoms. The van der Waals surface area contributed by atoms with Crippen LogP contribution in [0, 0.1) is 5.92 Å². The number of halogens is 1. The van der Waals surface area contributed by atoms with E-state index in [2.05, 4.69) is 31.1 Å². The van der Waals surface area contributed by atoms with Crippen LogP contribution in [0.5, 0.6) is 0 Å². The van der Waals surface area contributed by atoms with Gasteiger partial charge in [0.1, 0.15) is 4.90 Å². The van der Waals surface area contributed by atoms with Crippen molar-refractivity contribution < 1.29 is 13.2 Å². The van der Waals surface area contributed by atoms with Crippen molar-refractivity contribution in [2.75, 3.05) is 25.2 Å². The molecule has 20 heavy (non-hydrogen) atoms. The predicted octanol–water partition coefficient (Wildman–Crippen LogP) is 0.835. The minimum Gasteiger partial charge on any atom is -0.381 e. The minimum absolute atomic E-state index is 0.0250. The van der Waals surface area contributed by atoms with E-state index >= 15 is 0 Å². The van der Waals surface area contributed by atoms with Crippen molar-refractivity contribution in [3.05, 3.63) is 16.7 Å². The summed E-state index contributed by atoms with van der Waals surface area (Å²) in [5, 5.41) is 0. The van der Waals surface area contributed by atoms with E-state index in [1.165, 1.54) is 12.3 Å². The third-order valence-corrected chi connectivity index (χ3v) is 5.02. The number of pyridine rings is 1. The molecule has 1 aliphatic heterocycles. The van der Waals surface area contributed by atoms with Crippen LogP contribution in [0.25, 0.3) is 0 Å². The molecular weight excluding hydrogens is 348 g/mol. The molecule has 112 valence electrons. The maximum absolute atomic E-state index is 12.2. The molecule has 0 bridgehead atoms. The second kappa shape index (κ2) is 6.81. The summed E-state index contributed by atoms with van der Waals surface area (Å²) >= 11 is 3.20. The smallest absolute Gasteiger partial charge is 0.244 e. The Morgan fingerprint density at radius 2 is 2.35 bits per heavy atom. The highest BCUT2D eigenvalue weighted by atomic mass is 79.9. The van der Waals surface area contributed by atoms with Crippen LogP contribution in [0.4, 0.5) is 5.82 Å². The molecule has 2 heterocycles. The molecule has 1 aliphatic rings. The summed E-state index contributed by atoms with van der Waals surface area (Å²) in [7, 11) is -3.64. The first-order chi connectivity index (χ1) is 9.53. The van der Waals surface area contributed by atoms with Crippen molar-refractivity contribution in [3.63, 3.8) is 0 Å². The average molecular weight is 365 g/mol. The number of sulfonamides is 1. The molecule has 4 N–H and O–H groups in total. The lowest BCUT2D eigenvalue weighted by molar-refractivity contribution is 0.184. The highest BCUT2D eigenvalue weighted by Gasteiger charge is 2.21. The zero-order valence-electron chi connectivity index (χ0n) is 10.8. The van der Waals surface area contributed by atoms with Crippen LogP contribution in [0.2, 0.25) is 0 Å². The van der Waals surface area contributed by atoms with Gasteiger partial charge in [0.05, 0.1) is 0 Å². The highest BCUT2D eigenvalue weighted by Crippen LogP contribution is 2.22. The van der Waals surface area contributed by atoms with Crippen molar-refractivity contribution in [2.45, 2.75) is 17.7 Å². The Balaban J connectivity index is 2.03. The number of ether oxygens (including phenoxy) is 1. The van der Waals surface area contributed by atoms with Gasteiger partial charge in [-0.2, -0.15) is 0 Å². The summed E-state index contributed by atoms with van der Waals surface area (Å²) in [5.41, 5.74) is 2.29. The van der Waals surface area contributed by atoms with Crippen LogP contribution in [-0.2, 0) is 14.8 Å². The van der Waals surface area contributed by atoms with Gasteiger partial charge in [-0.25, -0.2) is 24.0 Å². The van der Waals surface area contributed by atoms with Crippen molar-refractivity contribution >= 4 is 31.8 Å². The Labute approximate surface area is 126 Å². The highest BCUT2D eigenvalue weighted by molar-refractivity contribution is 9.10. The van der Waals surface area contributed by atoms with E-state index in [1.807, 2.05) is 0 Å². The summed E-state index contributed by atoms with van der Waals surface area (Å²) in [4.78, 5) is 3.95. The second-order valence-corrected chi connectivity index (χ2v) is 7.21. The minimum atomic E-state index is -3.64. The topological polar surface area (TPSA) is 106 Å². The molecule has 1 saturated heterocycles. The van der Waals surface area contributed by atoms with Gasteiger partial charge in [0.2, 0.25) is 10.0 Å². The normalized spacial score (nSPS) is 19.2. The zero-order valence-corrected chi connectivity index (χ0v) is 13.2. The van der Waals surface area contributed by atoms with Crippen LogP contribution in [-0.4, -0.2) is 33.2 Å². The van der Waals surface area contributed by atoms with Crippen LogP contribution in [0.15, 0.2) is 21.6 Å². The quantitative estimate of drug-likeness (QED) is 0.509. The van der Waals surface area contributed by atoms with Crippen LogP contribution < -0.4 is 16.0 Å². The lowest BCUT2D eigenvalue weighted by Gasteiger charge is -2.12. The van der Waals surface area contributed by atoms with Gasteiger partial charge in [0.25, 0.3) is 0 Å². The Morgan fingerprint density at radius 3 is 3.00 bits per heavy atom. The SMILES string of the molecule is NNc1ncc(Br)cc1S(=O)(=O)NCCC1CCOC1. The molecule has 0 radical (unpaired) electrons. The lowest BCUT2D eigenvalue weighted by Crippen LogP contribution is -2.28. The largest absolute Gasteiger partial charge is 0.381 e. The van der Waals surface area contributed by atoms with Gasteiger partial charge in [-0.15, -0.1) is 0 Å². The van der Waals surface area contributed by atoms with E-state index in [9.17, 15) is 8.42 Å². The number of aromatic nitrogens is 1. The summed E-state index contributed by atoms with van der Waals surface area (Å²) in [5.74, 6) is 5.83.